The number of hydrogen-bond donors (Lipinski definition) is 2. The molecule has 0 aliphatic carbocycles. The van der Waals surface area contributed by atoms with Crippen molar-refractivity contribution in [2.75, 3.05) is 7.11 Å². The van der Waals surface area contributed by atoms with E-state index in [4.69, 9.17) is 4.74 Å². The highest BCUT2D eigenvalue weighted by atomic mass is 19.4. The highest BCUT2D eigenvalue weighted by Crippen LogP contribution is 2.31. The Morgan fingerprint density at radius 3 is 2.48 bits per heavy atom. The second-order valence-electron chi connectivity index (χ2n) is 5.61. The summed E-state index contributed by atoms with van der Waals surface area (Å²) >= 11 is 0. The van der Waals surface area contributed by atoms with Crippen LogP contribution in [0.2, 0.25) is 0 Å². The maximum atomic E-state index is 13.0. The molecule has 0 aliphatic rings. The lowest BCUT2D eigenvalue weighted by Crippen LogP contribution is -2.35. The molecule has 27 heavy (non-hydrogen) atoms. The third-order valence-corrected chi connectivity index (χ3v) is 3.83. The van der Waals surface area contributed by atoms with Gasteiger partial charge in [0.1, 0.15) is 11.3 Å². The molecule has 0 saturated carbocycles. The van der Waals surface area contributed by atoms with E-state index in [-0.39, 0.29) is 24.6 Å². The molecule has 0 saturated heterocycles. The molecule has 0 atom stereocenters. The van der Waals surface area contributed by atoms with E-state index >= 15 is 0 Å². The average molecular weight is 379 g/mol. The molecule has 0 spiro atoms. The highest BCUT2D eigenvalue weighted by Gasteiger charge is 2.34. The van der Waals surface area contributed by atoms with Crippen molar-refractivity contribution in [3.8, 4) is 5.75 Å². The number of carbonyl (C=O) groups excluding carboxylic acids is 1. The van der Waals surface area contributed by atoms with Crippen LogP contribution in [0.5, 0.6) is 5.75 Å². The quantitative estimate of drug-likeness (QED) is 0.714. The van der Waals surface area contributed by atoms with Gasteiger partial charge in [0, 0.05) is 12.7 Å². The molecular weight excluding hydrogens is 363 g/mol. The van der Waals surface area contributed by atoms with Gasteiger partial charge in [0.25, 0.3) is 0 Å². The first-order valence-electron chi connectivity index (χ1n) is 7.93. The van der Waals surface area contributed by atoms with E-state index in [9.17, 15) is 18.0 Å². The van der Waals surface area contributed by atoms with Gasteiger partial charge in [-0.2, -0.15) is 13.2 Å². The molecule has 0 aliphatic heterocycles. The van der Waals surface area contributed by atoms with Crippen molar-refractivity contribution in [3.05, 3.63) is 59.5 Å². The van der Waals surface area contributed by atoms with Gasteiger partial charge >= 0.3 is 12.2 Å². The lowest BCUT2D eigenvalue weighted by molar-refractivity contribution is -0.136. The van der Waals surface area contributed by atoms with Crippen LogP contribution >= 0.6 is 0 Å². The third-order valence-electron chi connectivity index (χ3n) is 3.83. The number of nitrogens with zero attached hydrogens (tertiary/aromatic N) is 3. The molecule has 3 rings (SSSR count). The van der Waals surface area contributed by atoms with E-state index < -0.39 is 17.8 Å². The summed E-state index contributed by atoms with van der Waals surface area (Å²) in [5, 5.41) is 12.5. The topological polar surface area (TPSA) is 80.5 Å². The zero-order chi connectivity index (χ0) is 19.4. The number of halogens is 3. The number of fused-ring (bicyclic) bond motifs is 1. The molecule has 7 nitrogen and oxygen atoms in total. The fourth-order valence-corrected chi connectivity index (χ4v) is 2.45. The van der Waals surface area contributed by atoms with Gasteiger partial charge in [-0.1, -0.05) is 12.1 Å². The summed E-state index contributed by atoms with van der Waals surface area (Å²) < 4.78 is 45.2. The highest BCUT2D eigenvalue weighted by molar-refractivity contribution is 5.73. The van der Waals surface area contributed by atoms with Gasteiger partial charge in [-0.25, -0.2) is 4.79 Å². The fourth-order valence-electron chi connectivity index (χ4n) is 2.45. The first-order chi connectivity index (χ1) is 12.9. The summed E-state index contributed by atoms with van der Waals surface area (Å²) in [5.41, 5.74) is -0.318. The van der Waals surface area contributed by atoms with Crippen molar-refractivity contribution < 1.29 is 22.7 Å². The molecule has 2 amide bonds. The number of carbonyl (C=O) groups is 1. The van der Waals surface area contributed by atoms with Crippen molar-refractivity contribution in [2.45, 2.75) is 19.3 Å². The van der Waals surface area contributed by atoms with Crippen molar-refractivity contribution in [3.63, 3.8) is 0 Å². The number of ether oxygens (including phenoxy) is 1. The Balaban J connectivity index is 1.60. The minimum absolute atomic E-state index is 0.0725. The second-order valence-corrected chi connectivity index (χ2v) is 5.61. The first-order valence-corrected chi connectivity index (χ1v) is 7.93. The monoisotopic (exact) mass is 379 g/mol. The Morgan fingerprint density at radius 2 is 1.81 bits per heavy atom. The molecule has 1 aromatic carbocycles. The van der Waals surface area contributed by atoms with Crippen molar-refractivity contribution in [1.82, 2.24) is 25.2 Å². The zero-order valence-electron chi connectivity index (χ0n) is 14.2. The van der Waals surface area contributed by atoms with Gasteiger partial charge in [0.05, 0.1) is 13.7 Å². The predicted octanol–water partition coefficient (Wildman–Crippen LogP) is 2.76. The molecule has 142 valence electrons. The number of aromatic nitrogens is 3. The number of amides is 2. The number of benzene rings is 1. The number of nitrogens with one attached hydrogen (secondary N) is 2. The molecule has 0 radical (unpaired) electrons. The van der Waals surface area contributed by atoms with Gasteiger partial charge in [-0.05, 0) is 29.8 Å². The van der Waals surface area contributed by atoms with Crippen LogP contribution in [0.3, 0.4) is 0 Å². The maximum Gasteiger partial charge on any atom is 0.420 e. The third kappa shape index (κ3) is 4.27. The van der Waals surface area contributed by atoms with Gasteiger partial charge in [0.15, 0.2) is 11.5 Å². The van der Waals surface area contributed by atoms with Gasteiger partial charge in [0.2, 0.25) is 0 Å². The van der Waals surface area contributed by atoms with Crippen LogP contribution in [0.1, 0.15) is 17.0 Å². The summed E-state index contributed by atoms with van der Waals surface area (Å²) in [6.07, 6.45) is -3.12. The molecule has 2 heterocycles. The van der Waals surface area contributed by atoms with E-state index in [1.165, 1.54) is 16.7 Å². The minimum atomic E-state index is -4.53. The largest absolute Gasteiger partial charge is 0.497 e. The molecule has 10 heteroatoms. The van der Waals surface area contributed by atoms with Gasteiger partial charge in [-0.3, -0.25) is 4.40 Å². The number of hydrogen-bond acceptors (Lipinski definition) is 4. The Bertz CT molecular complexity index is 938. The summed E-state index contributed by atoms with van der Waals surface area (Å²) in [7, 11) is 1.56. The van der Waals surface area contributed by atoms with Crippen LogP contribution in [0.15, 0.2) is 42.6 Å². The predicted molar refractivity (Wildman–Crippen MR) is 90.1 cm³/mol. The maximum absolute atomic E-state index is 13.0. The molecule has 2 N–H and O–H groups in total. The summed E-state index contributed by atoms with van der Waals surface area (Å²) in [5.74, 6) is 0.899. The van der Waals surface area contributed by atoms with Crippen LogP contribution in [0.25, 0.3) is 5.65 Å². The summed E-state index contributed by atoms with van der Waals surface area (Å²) in [6.45, 7) is 0.214. The van der Waals surface area contributed by atoms with Gasteiger partial charge < -0.3 is 15.4 Å². The number of rotatable bonds is 5. The van der Waals surface area contributed by atoms with E-state index in [0.717, 1.165) is 11.6 Å². The Kier molecular flexibility index (Phi) is 5.15. The molecule has 0 fully saturated rings. The van der Waals surface area contributed by atoms with E-state index in [1.807, 2.05) is 12.1 Å². The van der Waals surface area contributed by atoms with E-state index in [0.29, 0.717) is 5.75 Å². The number of methoxy groups -OCH3 is 1. The van der Waals surface area contributed by atoms with Crippen molar-refractivity contribution in [2.24, 2.45) is 0 Å². The van der Waals surface area contributed by atoms with E-state index in [2.05, 4.69) is 20.8 Å². The van der Waals surface area contributed by atoms with E-state index in [1.54, 1.807) is 19.2 Å². The molecule has 0 bridgehead atoms. The Labute approximate surface area is 152 Å². The Hall–Kier alpha value is -3.30. The fraction of sp³-hybridized carbons (Fsp3) is 0.235. The molecule has 2 aromatic heterocycles. The van der Waals surface area contributed by atoms with Crippen LogP contribution in [0.4, 0.5) is 18.0 Å². The SMILES string of the molecule is COc1ccc(CNC(=O)NCc2nnc3c(C(F)(F)F)cccn23)cc1. The van der Waals surface area contributed by atoms with Crippen LogP contribution in [-0.4, -0.2) is 27.7 Å². The van der Waals surface area contributed by atoms with Crippen LogP contribution in [0, 0.1) is 0 Å². The summed E-state index contributed by atoms with van der Waals surface area (Å²) in [4.78, 5) is 11.9. The smallest absolute Gasteiger partial charge is 0.420 e. The molecule has 0 unspecified atom stereocenters. The van der Waals surface area contributed by atoms with Crippen LogP contribution < -0.4 is 15.4 Å². The number of alkyl halides is 3. The van der Waals surface area contributed by atoms with Crippen LogP contribution in [-0.2, 0) is 19.3 Å². The zero-order valence-corrected chi connectivity index (χ0v) is 14.2. The number of urea groups is 1. The number of pyridine rings is 1. The standard InChI is InChI=1S/C17H16F3N5O2/c1-27-12-6-4-11(5-7-12)9-21-16(26)22-10-14-23-24-15-13(17(18,19)20)3-2-8-25(14)15/h2-8H,9-10H2,1H3,(H2,21,22,26). The average Bonchev–Trinajstić information content (AvgIpc) is 3.07. The van der Waals surface area contributed by atoms with Crippen molar-refractivity contribution >= 4 is 11.7 Å². The normalized spacial score (nSPS) is 11.4. The molecular formula is C17H16F3N5O2. The first kappa shape index (κ1) is 18.5. The Morgan fingerprint density at radius 1 is 1.11 bits per heavy atom. The minimum Gasteiger partial charge on any atom is -0.497 e. The van der Waals surface area contributed by atoms with Gasteiger partial charge in [-0.15, -0.1) is 10.2 Å². The lowest BCUT2D eigenvalue weighted by Gasteiger charge is -2.09. The summed E-state index contributed by atoms with van der Waals surface area (Å²) in [6, 6.07) is 8.88. The lowest BCUT2D eigenvalue weighted by atomic mass is 10.2. The second kappa shape index (κ2) is 7.52. The molecule has 3 aromatic rings. The van der Waals surface area contributed by atoms with Crippen molar-refractivity contribution in [1.29, 1.82) is 0 Å².